The molecule has 6 nitrogen and oxygen atoms in total. The third-order valence-electron chi connectivity index (χ3n) is 2.61. The Morgan fingerprint density at radius 3 is 2.61 bits per heavy atom. The molecule has 0 aliphatic carbocycles. The molecule has 1 amide bonds. The van der Waals surface area contributed by atoms with Crippen LogP contribution in [0.1, 0.15) is 29.1 Å². The maximum Gasteiger partial charge on any atom is 0.251 e. The Morgan fingerprint density at radius 1 is 1.39 bits per heavy atom. The molecule has 1 heterocycles. The van der Waals surface area contributed by atoms with Gasteiger partial charge in [-0.1, -0.05) is 0 Å². The third kappa shape index (κ3) is 2.48. The van der Waals surface area contributed by atoms with Gasteiger partial charge in [-0.3, -0.25) is 4.79 Å². The molecule has 0 aliphatic heterocycles. The minimum atomic E-state index is -0.237. The predicted molar refractivity (Wildman–Crippen MR) is 65.0 cm³/mol. The van der Waals surface area contributed by atoms with Crippen molar-refractivity contribution < 1.29 is 9.90 Å². The molecule has 0 aliphatic rings. The van der Waals surface area contributed by atoms with E-state index in [0.29, 0.717) is 11.4 Å². The number of aromatic nitrogens is 3. The highest BCUT2D eigenvalue weighted by Gasteiger charge is 2.15. The van der Waals surface area contributed by atoms with E-state index in [2.05, 4.69) is 15.5 Å². The molecule has 2 aromatic rings. The number of hydrogen-bond acceptors (Lipinski definition) is 4. The Balaban J connectivity index is 2.08. The van der Waals surface area contributed by atoms with Gasteiger partial charge in [-0.25, -0.2) is 0 Å². The fourth-order valence-electron chi connectivity index (χ4n) is 1.64. The van der Waals surface area contributed by atoms with Crippen LogP contribution in [0.3, 0.4) is 0 Å². The number of benzene rings is 1. The first-order valence-electron chi connectivity index (χ1n) is 5.51. The van der Waals surface area contributed by atoms with Crippen molar-refractivity contribution in [2.24, 2.45) is 7.05 Å². The van der Waals surface area contributed by atoms with Crippen LogP contribution >= 0.6 is 0 Å². The molecule has 18 heavy (non-hydrogen) atoms. The number of carbonyl (C=O) groups is 1. The molecule has 6 heteroatoms. The number of amides is 1. The second-order valence-corrected chi connectivity index (χ2v) is 4.04. The van der Waals surface area contributed by atoms with Crippen LogP contribution < -0.4 is 5.32 Å². The van der Waals surface area contributed by atoms with Crippen molar-refractivity contribution in [2.45, 2.75) is 13.0 Å². The number of nitrogens with zero attached hydrogens (tertiary/aromatic N) is 3. The van der Waals surface area contributed by atoms with Gasteiger partial charge in [0.25, 0.3) is 5.91 Å². The SMILES string of the molecule is CC(NC(=O)c1ccc(O)cc1)c1nncn1C. The zero-order chi connectivity index (χ0) is 13.1. The van der Waals surface area contributed by atoms with Gasteiger partial charge >= 0.3 is 0 Å². The van der Waals surface area contributed by atoms with Crippen LogP contribution in [0.25, 0.3) is 0 Å². The predicted octanol–water partition coefficient (Wildman–Crippen LogP) is 1.01. The number of phenols is 1. The molecule has 2 rings (SSSR count). The number of aryl methyl sites for hydroxylation is 1. The Bertz CT molecular complexity index is 547. The zero-order valence-corrected chi connectivity index (χ0v) is 10.2. The van der Waals surface area contributed by atoms with Crippen LogP contribution in [0, 0.1) is 0 Å². The Kier molecular flexibility index (Phi) is 3.27. The molecule has 0 fully saturated rings. The number of carbonyl (C=O) groups excluding carboxylic acids is 1. The van der Waals surface area contributed by atoms with Crippen LogP contribution in [0.2, 0.25) is 0 Å². The molecule has 94 valence electrons. The van der Waals surface area contributed by atoms with E-state index in [1.54, 1.807) is 23.0 Å². The zero-order valence-electron chi connectivity index (χ0n) is 10.2. The molecular formula is C12H14N4O2. The van der Waals surface area contributed by atoms with E-state index >= 15 is 0 Å². The highest BCUT2D eigenvalue weighted by Crippen LogP contribution is 2.12. The highest BCUT2D eigenvalue weighted by atomic mass is 16.3. The van der Waals surface area contributed by atoms with Crippen LogP contribution in [0.15, 0.2) is 30.6 Å². The Labute approximate surface area is 104 Å². The molecule has 1 unspecified atom stereocenters. The van der Waals surface area contributed by atoms with Gasteiger partial charge in [0.05, 0.1) is 6.04 Å². The molecule has 2 N–H and O–H groups in total. The van der Waals surface area contributed by atoms with Gasteiger partial charge < -0.3 is 15.0 Å². The monoisotopic (exact) mass is 246 g/mol. The summed E-state index contributed by atoms with van der Waals surface area (Å²) >= 11 is 0. The molecule has 1 aromatic carbocycles. The lowest BCUT2D eigenvalue weighted by Gasteiger charge is -2.12. The number of phenolic OH excluding ortho intramolecular Hbond substituents is 1. The summed E-state index contributed by atoms with van der Waals surface area (Å²) < 4.78 is 1.75. The summed E-state index contributed by atoms with van der Waals surface area (Å²) in [6, 6.07) is 5.84. The number of rotatable bonds is 3. The molecule has 0 saturated carbocycles. The average Bonchev–Trinajstić information content (AvgIpc) is 2.76. The van der Waals surface area contributed by atoms with Crippen molar-refractivity contribution >= 4 is 5.91 Å². The van der Waals surface area contributed by atoms with Crippen LogP contribution in [-0.4, -0.2) is 25.8 Å². The summed E-state index contributed by atoms with van der Waals surface area (Å²) in [6.45, 7) is 1.84. The summed E-state index contributed by atoms with van der Waals surface area (Å²) in [5, 5.41) is 19.7. The fourth-order valence-corrected chi connectivity index (χ4v) is 1.64. The molecule has 1 atom stereocenters. The maximum absolute atomic E-state index is 11.9. The van der Waals surface area contributed by atoms with Crippen molar-refractivity contribution in [1.29, 1.82) is 0 Å². The van der Waals surface area contributed by atoms with E-state index in [4.69, 9.17) is 5.11 Å². The van der Waals surface area contributed by atoms with Crippen molar-refractivity contribution in [2.75, 3.05) is 0 Å². The van der Waals surface area contributed by atoms with E-state index in [0.717, 1.165) is 0 Å². The van der Waals surface area contributed by atoms with Gasteiger partial charge in [0, 0.05) is 12.6 Å². The van der Waals surface area contributed by atoms with Gasteiger partial charge in [0.15, 0.2) is 5.82 Å². The second-order valence-electron chi connectivity index (χ2n) is 4.04. The summed E-state index contributed by atoms with van der Waals surface area (Å²) in [7, 11) is 1.82. The van der Waals surface area contributed by atoms with E-state index < -0.39 is 0 Å². The minimum Gasteiger partial charge on any atom is -0.508 e. The molecule has 0 spiro atoms. The normalized spacial score (nSPS) is 12.1. The number of hydrogen-bond donors (Lipinski definition) is 2. The van der Waals surface area contributed by atoms with Gasteiger partial charge in [-0.15, -0.1) is 10.2 Å². The summed E-state index contributed by atoms with van der Waals surface area (Å²) in [5.74, 6) is 0.598. The number of nitrogens with one attached hydrogen (secondary N) is 1. The van der Waals surface area contributed by atoms with Crippen LogP contribution in [-0.2, 0) is 7.05 Å². The maximum atomic E-state index is 11.9. The van der Waals surface area contributed by atoms with E-state index in [9.17, 15) is 4.79 Å². The van der Waals surface area contributed by atoms with Crippen molar-refractivity contribution in [3.8, 4) is 5.75 Å². The Hall–Kier alpha value is -2.37. The molecule has 0 bridgehead atoms. The fraction of sp³-hybridized carbons (Fsp3) is 0.250. The molecule has 0 saturated heterocycles. The van der Waals surface area contributed by atoms with Crippen molar-refractivity contribution in [1.82, 2.24) is 20.1 Å². The van der Waals surface area contributed by atoms with Gasteiger partial charge in [-0.2, -0.15) is 0 Å². The smallest absolute Gasteiger partial charge is 0.251 e. The molecular weight excluding hydrogens is 232 g/mol. The second kappa shape index (κ2) is 4.87. The first kappa shape index (κ1) is 12.1. The standard InChI is InChI=1S/C12H14N4O2/c1-8(11-15-13-7-16(11)2)14-12(18)9-3-5-10(17)6-4-9/h3-8,17H,1-2H3,(H,14,18). The van der Waals surface area contributed by atoms with E-state index in [1.807, 2.05) is 14.0 Å². The van der Waals surface area contributed by atoms with Gasteiger partial charge in [0.2, 0.25) is 0 Å². The van der Waals surface area contributed by atoms with E-state index in [-0.39, 0.29) is 17.7 Å². The van der Waals surface area contributed by atoms with Crippen LogP contribution in [0.4, 0.5) is 0 Å². The van der Waals surface area contributed by atoms with Gasteiger partial charge in [0.1, 0.15) is 12.1 Å². The largest absolute Gasteiger partial charge is 0.508 e. The summed E-state index contributed by atoms with van der Waals surface area (Å²) in [4.78, 5) is 11.9. The van der Waals surface area contributed by atoms with Crippen molar-refractivity contribution in [3.63, 3.8) is 0 Å². The average molecular weight is 246 g/mol. The first-order chi connectivity index (χ1) is 8.58. The number of aromatic hydroxyl groups is 1. The summed E-state index contributed by atoms with van der Waals surface area (Å²) in [5.41, 5.74) is 0.488. The lowest BCUT2D eigenvalue weighted by molar-refractivity contribution is 0.0938. The lowest BCUT2D eigenvalue weighted by atomic mass is 10.2. The highest BCUT2D eigenvalue weighted by molar-refractivity contribution is 5.94. The van der Waals surface area contributed by atoms with E-state index in [1.165, 1.54) is 12.1 Å². The minimum absolute atomic E-state index is 0.132. The summed E-state index contributed by atoms with van der Waals surface area (Å²) in [6.07, 6.45) is 1.58. The van der Waals surface area contributed by atoms with Gasteiger partial charge in [-0.05, 0) is 31.2 Å². The topological polar surface area (TPSA) is 80.0 Å². The molecule has 0 radical (unpaired) electrons. The molecule has 1 aromatic heterocycles. The first-order valence-corrected chi connectivity index (χ1v) is 5.51. The Morgan fingerprint density at radius 2 is 2.06 bits per heavy atom. The van der Waals surface area contributed by atoms with Crippen molar-refractivity contribution in [3.05, 3.63) is 42.0 Å². The lowest BCUT2D eigenvalue weighted by Crippen LogP contribution is -2.28. The third-order valence-corrected chi connectivity index (χ3v) is 2.61. The quantitative estimate of drug-likeness (QED) is 0.847. The van der Waals surface area contributed by atoms with Crippen LogP contribution in [0.5, 0.6) is 5.75 Å².